The molecule has 0 spiro atoms. The van der Waals surface area contributed by atoms with Crippen molar-refractivity contribution < 1.29 is 14.8 Å². The van der Waals surface area contributed by atoms with E-state index in [0.717, 1.165) is 0 Å². The van der Waals surface area contributed by atoms with E-state index in [1.54, 1.807) is 6.07 Å². The van der Waals surface area contributed by atoms with Crippen molar-refractivity contribution in [3.63, 3.8) is 0 Å². The van der Waals surface area contributed by atoms with Gasteiger partial charge in [-0.05, 0) is 13.0 Å². The minimum absolute atomic E-state index is 0.0293. The zero-order valence-corrected chi connectivity index (χ0v) is 10.0. The van der Waals surface area contributed by atoms with Gasteiger partial charge in [-0.1, -0.05) is 0 Å². The number of aliphatic hydroxyl groups excluding tert-OH is 1. The van der Waals surface area contributed by atoms with Gasteiger partial charge in [0.25, 0.3) is 5.69 Å². The van der Waals surface area contributed by atoms with Gasteiger partial charge in [0.15, 0.2) is 0 Å². The summed E-state index contributed by atoms with van der Waals surface area (Å²) in [5.74, 6) is 0.662. The summed E-state index contributed by atoms with van der Waals surface area (Å²) in [6.45, 7) is 2.97. The first-order chi connectivity index (χ1) is 8.61. The monoisotopic (exact) mass is 253 g/mol. The Bertz CT molecular complexity index is 423. The fourth-order valence-corrected chi connectivity index (χ4v) is 1.90. The van der Waals surface area contributed by atoms with Crippen molar-refractivity contribution in [3.8, 4) is 0 Å². The highest BCUT2D eigenvalue weighted by atomic mass is 16.6. The van der Waals surface area contributed by atoms with Gasteiger partial charge in [-0.15, -0.1) is 0 Å². The Balaban J connectivity index is 2.16. The van der Waals surface area contributed by atoms with E-state index < -0.39 is 4.92 Å². The maximum atomic E-state index is 10.6. The first-order valence-corrected chi connectivity index (χ1v) is 5.71. The molecule has 0 aromatic carbocycles. The molecular weight excluding hydrogens is 238 g/mol. The maximum absolute atomic E-state index is 10.6. The Kier molecular flexibility index (Phi) is 3.73. The van der Waals surface area contributed by atoms with E-state index in [-0.39, 0.29) is 24.4 Å². The molecule has 1 saturated heterocycles. The molecule has 1 fully saturated rings. The first-order valence-electron chi connectivity index (χ1n) is 5.71. The number of nitro groups is 1. The van der Waals surface area contributed by atoms with Gasteiger partial charge in [0, 0.05) is 12.6 Å². The Morgan fingerprint density at radius 3 is 3.00 bits per heavy atom. The van der Waals surface area contributed by atoms with Gasteiger partial charge in [0.1, 0.15) is 12.0 Å². The maximum Gasteiger partial charge on any atom is 0.287 e. The van der Waals surface area contributed by atoms with Crippen LogP contribution in [0.3, 0.4) is 0 Å². The molecule has 0 saturated carbocycles. The second kappa shape index (κ2) is 5.28. The van der Waals surface area contributed by atoms with Crippen molar-refractivity contribution in [2.75, 3.05) is 24.7 Å². The second-order valence-corrected chi connectivity index (χ2v) is 4.27. The summed E-state index contributed by atoms with van der Waals surface area (Å²) in [4.78, 5) is 16.1. The molecular formula is C11H15N3O4. The lowest BCUT2D eigenvalue weighted by Gasteiger charge is -2.38. The van der Waals surface area contributed by atoms with Gasteiger partial charge in [-0.2, -0.15) is 0 Å². The summed E-state index contributed by atoms with van der Waals surface area (Å²) < 4.78 is 5.43. The van der Waals surface area contributed by atoms with Crippen molar-refractivity contribution >= 4 is 11.5 Å². The molecule has 2 heterocycles. The fourth-order valence-electron chi connectivity index (χ4n) is 1.90. The molecule has 18 heavy (non-hydrogen) atoms. The predicted molar refractivity (Wildman–Crippen MR) is 64.5 cm³/mol. The number of nitrogens with zero attached hydrogens (tertiary/aromatic N) is 3. The number of aliphatic hydroxyl groups is 1. The third kappa shape index (κ3) is 2.57. The van der Waals surface area contributed by atoms with E-state index in [2.05, 4.69) is 4.98 Å². The number of pyridine rings is 1. The van der Waals surface area contributed by atoms with Crippen LogP contribution in [-0.4, -0.2) is 46.9 Å². The van der Waals surface area contributed by atoms with Crippen LogP contribution >= 0.6 is 0 Å². The molecule has 7 heteroatoms. The third-order valence-electron chi connectivity index (χ3n) is 2.95. The van der Waals surface area contributed by atoms with Gasteiger partial charge in [0.2, 0.25) is 0 Å². The molecule has 7 nitrogen and oxygen atoms in total. The van der Waals surface area contributed by atoms with Crippen molar-refractivity contribution in [1.82, 2.24) is 4.98 Å². The smallest absolute Gasteiger partial charge is 0.287 e. The van der Waals surface area contributed by atoms with E-state index >= 15 is 0 Å². The predicted octanol–water partition coefficient (Wildman–Crippen LogP) is 0.576. The zero-order chi connectivity index (χ0) is 13.1. The third-order valence-corrected chi connectivity index (χ3v) is 2.95. The summed E-state index contributed by atoms with van der Waals surface area (Å²) in [6.07, 6.45) is 1.00. The van der Waals surface area contributed by atoms with E-state index in [1.165, 1.54) is 12.3 Å². The number of hydrogen-bond donors (Lipinski definition) is 1. The van der Waals surface area contributed by atoms with Crippen LogP contribution in [0.15, 0.2) is 18.3 Å². The van der Waals surface area contributed by atoms with Crippen molar-refractivity contribution in [2.24, 2.45) is 0 Å². The molecule has 2 unspecified atom stereocenters. The van der Waals surface area contributed by atoms with Gasteiger partial charge in [-0.25, -0.2) is 4.98 Å². The van der Waals surface area contributed by atoms with Gasteiger partial charge in [0.05, 0.1) is 30.3 Å². The van der Waals surface area contributed by atoms with E-state index in [1.807, 2.05) is 11.8 Å². The molecule has 0 amide bonds. The quantitative estimate of drug-likeness (QED) is 0.626. The number of rotatable bonds is 3. The molecule has 1 aromatic heterocycles. The summed E-state index contributed by atoms with van der Waals surface area (Å²) in [5.41, 5.74) is -0.0293. The lowest BCUT2D eigenvalue weighted by molar-refractivity contribution is -0.385. The molecule has 1 N–H and O–H groups in total. The van der Waals surface area contributed by atoms with Gasteiger partial charge in [-0.3, -0.25) is 10.1 Å². The van der Waals surface area contributed by atoms with Gasteiger partial charge < -0.3 is 14.7 Å². The minimum Gasteiger partial charge on any atom is -0.394 e. The van der Waals surface area contributed by atoms with Crippen LogP contribution in [0.1, 0.15) is 6.92 Å². The van der Waals surface area contributed by atoms with Gasteiger partial charge >= 0.3 is 0 Å². The Morgan fingerprint density at radius 1 is 1.67 bits per heavy atom. The lowest BCUT2D eigenvalue weighted by Crippen LogP contribution is -2.49. The second-order valence-electron chi connectivity index (χ2n) is 4.27. The van der Waals surface area contributed by atoms with Crippen LogP contribution in [0, 0.1) is 10.1 Å². The van der Waals surface area contributed by atoms with E-state index in [9.17, 15) is 10.1 Å². The lowest BCUT2D eigenvalue weighted by atomic mass is 10.2. The first kappa shape index (κ1) is 12.7. The highest BCUT2D eigenvalue weighted by Gasteiger charge is 2.26. The highest BCUT2D eigenvalue weighted by Crippen LogP contribution is 2.21. The van der Waals surface area contributed by atoms with E-state index in [0.29, 0.717) is 19.0 Å². The number of aromatic nitrogens is 1. The molecule has 0 bridgehead atoms. The summed E-state index contributed by atoms with van der Waals surface area (Å²) in [7, 11) is 0. The molecule has 98 valence electrons. The number of ether oxygens (including phenoxy) is 1. The molecule has 2 atom stereocenters. The standard InChI is InChI=1S/C11H15N3O4/c1-8-7-18-10(6-15)5-13(8)11-3-2-9(4-12-11)14(16)17/h2-4,8,10,15H,5-7H2,1H3. The Morgan fingerprint density at radius 2 is 2.44 bits per heavy atom. The summed E-state index contributed by atoms with van der Waals surface area (Å²) >= 11 is 0. The van der Waals surface area contributed by atoms with Crippen LogP contribution in [0.25, 0.3) is 0 Å². The van der Waals surface area contributed by atoms with Crippen LogP contribution < -0.4 is 4.90 Å². The topological polar surface area (TPSA) is 88.7 Å². The molecule has 2 rings (SSSR count). The largest absolute Gasteiger partial charge is 0.394 e. The molecule has 1 aromatic rings. The van der Waals surface area contributed by atoms with Crippen LogP contribution in [0.5, 0.6) is 0 Å². The summed E-state index contributed by atoms with van der Waals surface area (Å²) in [5, 5.41) is 19.6. The molecule has 0 radical (unpaired) electrons. The van der Waals surface area contributed by atoms with Crippen molar-refractivity contribution in [3.05, 3.63) is 28.4 Å². The van der Waals surface area contributed by atoms with Crippen molar-refractivity contribution in [1.29, 1.82) is 0 Å². The fraction of sp³-hybridized carbons (Fsp3) is 0.545. The molecule has 1 aliphatic rings. The minimum atomic E-state index is -0.476. The molecule has 1 aliphatic heterocycles. The average Bonchev–Trinajstić information content (AvgIpc) is 2.39. The highest BCUT2D eigenvalue weighted by molar-refractivity contribution is 5.44. The van der Waals surface area contributed by atoms with Crippen LogP contribution in [0.2, 0.25) is 0 Å². The van der Waals surface area contributed by atoms with Crippen LogP contribution in [0.4, 0.5) is 11.5 Å². The molecule has 0 aliphatic carbocycles. The van der Waals surface area contributed by atoms with E-state index in [4.69, 9.17) is 9.84 Å². The van der Waals surface area contributed by atoms with Crippen molar-refractivity contribution in [2.45, 2.75) is 19.1 Å². The number of hydrogen-bond acceptors (Lipinski definition) is 6. The number of morpholine rings is 1. The normalized spacial score (nSPS) is 24.0. The Labute approximate surface area is 104 Å². The SMILES string of the molecule is CC1COC(CO)CN1c1ccc([N+](=O)[O-])cn1. The number of anilines is 1. The average molecular weight is 253 g/mol. The van der Waals surface area contributed by atoms with Crippen LogP contribution in [-0.2, 0) is 4.74 Å². The Hall–Kier alpha value is -1.73. The summed E-state index contributed by atoms with van der Waals surface area (Å²) in [6, 6.07) is 3.18. The zero-order valence-electron chi connectivity index (χ0n) is 10.0.